The van der Waals surface area contributed by atoms with Gasteiger partial charge in [-0.1, -0.05) is 48.2 Å². The lowest BCUT2D eigenvalue weighted by Crippen LogP contribution is -2.27. The van der Waals surface area contributed by atoms with Gasteiger partial charge in [-0.05, 0) is 48.7 Å². The summed E-state index contributed by atoms with van der Waals surface area (Å²) in [5.41, 5.74) is 4.23. The molecule has 0 unspecified atom stereocenters. The number of thioether (sulfide) groups is 1. The largest absolute Gasteiger partial charge is 0.497 e. The average molecular weight is 394 g/mol. The Bertz CT molecular complexity index is 912. The zero-order valence-corrected chi connectivity index (χ0v) is 16.8. The number of aryl methyl sites for hydroxylation is 1. The van der Waals surface area contributed by atoms with Gasteiger partial charge < -0.3 is 10.1 Å². The van der Waals surface area contributed by atoms with Crippen molar-refractivity contribution < 1.29 is 9.53 Å². The topological polar surface area (TPSA) is 64.1 Å². The molecule has 0 radical (unpaired) electrons. The third-order valence-corrected chi connectivity index (χ3v) is 5.23. The van der Waals surface area contributed by atoms with Crippen LogP contribution in [0.15, 0.2) is 65.7 Å². The molecule has 5 nitrogen and oxygen atoms in total. The Morgan fingerprint density at radius 1 is 1.04 bits per heavy atom. The molecule has 2 aromatic carbocycles. The molecule has 1 heterocycles. The molecule has 0 saturated heterocycles. The number of carbonyl (C=O) groups excluding carboxylic acids is 1. The van der Waals surface area contributed by atoms with Gasteiger partial charge in [0.25, 0.3) is 0 Å². The highest BCUT2D eigenvalue weighted by Crippen LogP contribution is 2.22. The zero-order valence-electron chi connectivity index (χ0n) is 16.0. The van der Waals surface area contributed by atoms with Gasteiger partial charge >= 0.3 is 0 Å². The lowest BCUT2D eigenvalue weighted by atomic mass is 10.1. The minimum Gasteiger partial charge on any atom is -0.497 e. The number of carbonyl (C=O) groups is 1. The summed E-state index contributed by atoms with van der Waals surface area (Å²) in [7, 11) is 1.65. The Morgan fingerprint density at radius 3 is 2.50 bits per heavy atom. The van der Waals surface area contributed by atoms with E-state index in [2.05, 4.69) is 28.5 Å². The van der Waals surface area contributed by atoms with Gasteiger partial charge in [0.05, 0.1) is 18.6 Å². The van der Waals surface area contributed by atoms with Gasteiger partial charge in [-0.15, -0.1) is 10.2 Å². The van der Waals surface area contributed by atoms with Crippen LogP contribution < -0.4 is 10.1 Å². The van der Waals surface area contributed by atoms with Gasteiger partial charge in [0.15, 0.2) is 0 Å². The van der Waals surface area contributed by atoms with Gasteiger partial charge in [0.1, 0.15) is 10.8 Å². The van der Waals surface area contributed by atoms with Crippen LogP contribution in [0.4, 0.5) is 0 Å². The number of methoxy groups -OCH3 is 1. The van der Waals surface area contributed by atoms with Crippen molar-refractivity contribution in [1.29, 1.82) is 0 Å². The van der Waals surface area contributed by atoms with E-state index in [1.165, 1.54) is 11.8 Å². The number of hydrogen-bond donors (Lipinski definition) is 1. The maximum Gasteiger partial charge on any atom is 0.230 e. The van der Waals surface area contributed by atoms with Crippen molar-refractivity contribution in [2.24, 2.45) is 0 Å². The van der Waals surface area contributed by atoms with E-state index in [9.17, 15) is 4.79 Å². The van der Waals surface area contributed by atoms with Crippen LogP contribution in [0, 0.1) is 6.92 Å². The van der Waals surface area contributed by atoms with Gasteiger partial charge in [-0.3, -0.25) is 4.79 Å². The molecule has 0 atom stereocenters. The predicted octanol–water partition coefficient (Wildman–Crippen LogP) is 3.91. The fourth-order valence-corrected chi connectivity index (χ4v) is 3.37. The summed E-state index contributed by atoms with van der Waals surface area (Å²) < 4.78 is 5.14. The molecule has 0 spiro atoms. The van der Waals surface area contributed by atoms with Gasteiger partial charge in [0.2, 0.25) is 5.91 Å². The fourth-order valence-electron chi connectivity index (χ4n) is 2.73. The van der Waals surface area contributed by atoms with E-state index in [4.69, 9.17) is 4.74 Å². The highest BCUT2D eigenvalue weighted by molar-refractivity contribution is 7.99. The molecule has 1 N–H and O–H groups in total. The average Bonchev–Trinajstić information content (AvgIpc) is 2.73. The number of nitrogens with one attached hydrogen (secondary N) is 1. The summed E-state index contributed by atoms with van der Waals surface area (Å²) in [6.07, 6.45) is 0.783. The fraction of sp³-hybridized carbons (Fsp3) is 0.227. The van der Waals surface area contributed by atoms with Crippen molar-refractivity contribution in [3.63, 3.8) is 0 Å². The third-order valence-electron chi connectivity index (χ3n) is 4.31. The minimum absolute atomic E-state index is 0.0108. The smallest absolute Gasteiger partial charge is 0.230 e. The Labute approximate surface area is 169 Å². The number of hydrogen-bond acceptors (Lipinski definition) is 5. The summed E-state index contributed by atoms with van der Waals surface area (Å²) in [6.45, 7) is 2.65. The van der Waals surface area contributed by atoms with E-state index < -0.39 is 0 Å². The van der Waals surface area contributed by atoms with Crippen molar-refractivity contribution >= 4 is 17.7 Å². The van der Waals surface area contributed by atoms with Gasteiger partial charge in [-0.2, -0.15) is 0 Å². The van der Waals surface area contributed by atoms with Crippen LogP contribution in [0.5, 0.6) is 5.75 Å². The van der Waals surface area contributed by atoms with Crippen LogP contribution >= 0.6 is 11.8 Å². The molecule has 1 amide bonds. The molecule has 3 aromatic rings. The van der Waals surface area contributed by atoms with Crippen molar-refractivity contribution in [2.45, 2.75) is 18.4 Å². The first kappa shape index (κ1) is 19.9. The lowest BCUT2D eigenvalue weighted by Gasteiger charge is -2.07. The molecule has 1 aromatic heterocycles. The van der Waals surface area contributed by atoms with Gasteiger partial charge in [-0.25, -0.2) is 0 Å². The number of rotatable bonds is 8. The second-order valence-corrected chi connectivity index (χ2v) is 7.30. The first-order valence-corrected chi connectivity index (χ1v) is 10.1. The zero-order chi connectivity index (χ0) is 19.8. The van der Waals surface area contributed by atoms with E-state index in [-0.39, 0.29) is 5.91 Å². The number of nitrogens with zero attached hydrogens (tertiary/aromatic N) is 2. The maximum absolute atomic E-state index is 12.0. The van der Waals surface area contributed by atoms with Crippen LogP contribution in [0.25, 0.3) is 11.3 Å². The number of ether oxygens (including phenoxy) is 1. The van der Waals surface area contributed by atoms with E-state index >= 15 is 0 Å². The Morgan fingerprint density at radius 2 is 1.82 bits per heavy atom. The molecule has 3 rings (SSSR count). The van der Waals surface area contributed by atoms with Crippen LogP contribution in [0.2, 0.25) is 0 Å². The molecular formula is C22H23N3O2S. The number of benzene rings is 2. The van der Waals surface area contributed by atoms with Crippen LogP contribution in [-0.2, 0) is 11.2 Å². The molecule has 0 saturated carbocycles. The van der Waals surface area contributed by atoms with E-state index in [1.54, 1.807) is 7.11 Å². The first-order valence-electron chi connectivity index (χ1n) is 9.08. The predicted molar refractivity (Wildman–Crippen MR) is 113 cm³/mol. The molecule has 28 heavy (non-hydrogen) atoms. The van der Waals surface area contributed by atoms with E-state index in [0.717, 1.165) is 39.6 Å². The van der Waals surface area contributed by atoms with Crippen molar-refractivity contribution in [2.75, 3.05) is 19.4 Å². The van der Waals surface area contributed by atoms with Crippen LogP contribution in [0.1, 0.15) is 11.1 Å². The standard InChI is InChI=1S/C22H23N3O2S/c1-16-5-3-4-6-19(16)20-11-12-22(25-24-20)28-15-21(26)23-14-13-17-7-9-18(27-2)10-8-17/h3-12H,13-15H2,1-2H3,(H,23,26). The SMILES string of the molecule is COc1ccc(CCNC(=O)CSc2ccc(-c3ccccc3C)nn2)cc1. The summed E-state index contributed by atoms with van der Waals surface area (Å²) in [6, 6.07) is 19.8. The molecule has 0 bridgehead atoms. The summed E-state index contributed by atoms with van der Waals surface area (Å²) in [4.78, 5) is 12.0. The maximum atomic E-state index is 12.0. The second kappa shape index (κ2) is 9.90. The molecule has 6 heteroatoms. The summed E-state index contributed by atoms with van der Waals surface area (Å²) in [5.74, 6) is 1.14. The highest BCUT2D eigenvalue weighted by atomic mass is 32.2. The van der Waals surface area contributed by atoms with Crippen LogP contribution in [0.3, 0.4) is 0 Å². The molecule has 0 aliphatic rings. The van der Waals surface area contributed by atoms with Gasteiger partial charge in [0, 0.05) is 12.1 Å². The summed E-state index contributed by atoms with van der Waals surface area (Å²) >= 11 is 1.39. The minimum atomic E-state index is -0.0108. The number of amides is 1. The normalized spacial score (nSPS) is 10.5. The third kappa shape index (κ3) is 5.57. The monoisotopic (exact) mass is 393 g/mol. The number of aromatic nitrogens is 2. The Hall–Kier alpha value is -2.86. The Balaban J connectivity index is 1.43. The molecule has 144 valence electrons. The quantitative estimate of drug-likeness (QED) is 0.588. The lowest BCUT2D eigenvalue weighted by molar-refractivity contribution is -0.118. The highest BCUT2D eigenvalue weighted by Gasteiger charge is 2.07. The van der Waals surface area contributed by atoms with Crippen molar-refractivity contribution in [3.8, 4) is 17.0 Å². The van der Waals surface area contributed by atoms with Crippen molar-refractivity contribution in [1.82, 2.24) is 15.5 Å². The second-order valence-electron chi connectivity index (χ2n) is 6.31. The van der Waals surface area contributed by atoms with Crippen LogP contribution in [-0.4, -0.2) is 35.5 Å². The first-order chi connectivity index (χ1) is 13.7. The molecule has 0 aliphatic heterocycles. The molecular weight excluding hydrogens is 370 g/mol. The Kier molecular flexibility index (Phi) is 7.03. The molecule has 0 aliphatic carbocycles. The van der Waals surface area contributed by atoms with E-state index in [0.29, 0.717) is 12.3 Å². The van der Waals surface area contributed by atoms with E-state index in [1.807, 2.05) is 54.6 Å². The molecule has 0 fully saturated rings. The van der Waals surface area contributed by atoms with Crippen molar-refractivity contribution in [3.05, 3.63) is 71.8 Å². The summed E-state index contributed by atoms with van der Waals surface area (Å²) in [5, 5.41) is 12.2.